The first kappa shape index (κ1) is 18.9. The van der Waals surface area contributed by atoms with Crippen molar-refractivity contribution in [1.82, 2.24) is 4.98 Å². The van der Waals surface area contributed by atoms with E-state index < -0.39 is 9.84 Å². The van der Waals surface area contributed by atoms with Crippen LogP contribution in [0.3, 0.4) is 0 Å². The number of thiazole rings is 1. The Hall–Kier alpha value is -1.90. The highest BCUT2D eigenvalue weighted by Crippen LogP contribution is 2.28. The van der Waals surface area contributed by atoms with E-state index in [0.29, 0.717) is 10.6 Å². The molecule has 5 nitrogen and oxygen atoms in total. The molecule has 0 saturated heterocycles. The Labute approximate surface area is 160 Å². The number of nitrogens with one attached hydrogen (secondary N) is 1. The maximum atomic E-state index is 12.2. The van der Waals surface area contributed by atoms with E-state index in [1.54, 1.807) is 23.9 Å². The van der Waals surface area contributed by atoms with Crippen LogP contribution in [0.15, 0.2) is 52.3 Å². The van der Waals surface area contributed by atoms with Crippen molar-refractivity contribution >= 4 is 54.2 Å². The second kappa shape index (κ2) is 7.77. The van der Waals surface area contributed by atoms with Crippen molar-refractivity contribution in [3.05, 3.63) is 48.0 Å². The molecule has 0 radical (unpaired) electrons. The Morgan fingerprint density at radius 2 is 1.92 bits per heavy atom. The second-order valence-electron chi connectivity index (χ2n) is 5.72. The van der Waals surface area contributed by atoms with Crippen LogP contribution in [-0.4, -0.2) is 31.3 Å². The third-order valence-corrected chi connectivity index (χ3v) is 6.57. The molecule has 0 aliphatic heterocycles. The van der Waals surface area contributed by atoms with E-state index in [2.05, 4.69) is 17.2 Å². The van der Waals surface area contributed by atoms with Crippen LogP contribution in [0, 0.1) is 0 Å². The number of anilines is 1. The number of amides is 1. The summed E-state index contributed by atoms with van der Waals surface area (Å²) >= 11 is 3.02. The molecule has 26 heavy (non-hydrogen) atoms. The number of aromatic nitrogens is 1. The van der Waals surface area contributed by atoms with Crippen molar-refractivity contribution in [2.45, 2.75) is 23.1 Å². The lowest BCUT2D eigenvalue weighted by atomic mass is 10.1. The van der Waals surface area contributed by atoms with E-state index in [-0.39, 0.29) is 17.2 Å². The lowest BCUT2D eigenvalue weighted by molar-refractivity contribution is -0.115. The molecule has 0 aliphatic rings. The maximum absolute atomic E-state index is 12.2. The molecular weight excluding hydrogens is 388 g/mol. The highest BCUT2D eigenvalue weighted by molar-refractivity contribution is 7.99. The van der Waals surface area contributed by atoms with Crippen LogP contribution in [0.4, 0.5) is 5.13 Å². The largest absolute Gasteiger partial charge is 0.302 e. The fourth-order valence-electron chi connectivity index (χ4n) is 2.41. The van der Waals surface area contributed by atoms with Gasteiger partial charge in [0.25, 0.3) is 0 Å². The zero-order valence-corrected chi connectivity index (χ0v) is 16.8. The van der Waals surface area contributed by atoms with Gasteiger partial charge in [-0.25, -0.2) is 13.4 Å². The SMILES string of the molecule is CCSc1ccc(CC(=O)Nc2nc3ccc(S(C)(=O)=O)cc3s2)cc1. The number of sulfone groups is 1. The van der Waals surface area contributed by atoms with Gasteiger partial charge in [0.15, 0.2) is 15.0 Å². The number of benzene rings is 2. The number of carbonyl (C=O) groups is 1. The standard InChI is InChI=1S/C18H18N2O3S3/c1-3-24-13-6-4-12(5-7-13)10-17(21)20-18-19-15-9-8-14(26(2,22)23)11-16(15)25-18/h4-9,11H,3,10H2,1-2H3,(H,19,20,21). The Kier molecular flexibility index (Phi) is 5.64. The summed E-state index contributed by atoms with van der Waals surface area (Å²) in [4.78, 5) is 18.0. The van der Waals surface area contributed by atoms with Crippen molar-refractivity contribution in [3.63, 3.8) is 0 Å². The number of thioether (sulfide) groups is 1. The van der Waals surface area contributed by atoms with E-state index >= 15 is 0 Å². The van der Waals surface area contributed by atoms with Gasteiger partial charge in [-0.05, 0) is 41.6 Å². The third-order valence-electron chi connectivity index (χ3n) is 3.63. The van der Waals surface area contributed by atoms with Crippen molar-refractivity contribution in [2.24, 2.45) is 0 Å². The molecule has 8 heteroatoms. The topological polar surface area (TPSA) is 76.1 Å². The molecule has 1 heterocycles. The van der Waals surface area contributed by atoms with Crippen molar-refractivity contribution < 1.29 is 13.2 Å². The van der Waals surface area contributed by atoms with Gasteiger partial charge >= 0.3 is 0 Å². The Morgan fingerprint density at radius 1 is 1.19 bits per heavy atom. The minimum Gasteiger partial charge on any atom is -0.302 e. The summed E-state index contributed by atoms with van der Waals surface area (Å²) in [6.45, 7) is 2.10. The van der Waals surface area contributed by atoms with E-state index in [0.717, 1.165) is 16.0 Å². The summed E-state index contributed by atoms with van der Waals surface area (Å²) < 4.78 is 24.0. The van der Waals surface area contributed by atoms with Crippen LogP contribution in [0.25, 0.3) is 10.2 Å². The van der Waals surface area contributed by atoms with Gasteiger partial charge in [0, 0.05) is 11.2 Å². The van der Waals surface area contributed by atoms with Crippen LogP contribution in [-0.2, 0) is 21.1 Å². The average Bonchev–Trinajstić information content (AvgIpc) is 2.97. The van der Waals surface area contributed by atoms with Gasteiger partial charge < -0.3 is 5.32 Å². The number of fused-ring (bicyclic) bond motifs is 1. The second-order valence-corrected chi connectivity index (χ2v) is 10.1. The molecule has 0 bridgehead atoms. The van der Waals surface area contributed by atoms with Gasteiger partial charge in [-0.15, -0.1) is 11.8 Å². The number of rotatable bonds is 6. The molecule has 0 atom stereocenters. The smallest absolute Gasteiger partial charge is 0.230 e. The lowest BCUT2D eigenvalue weighted by Gasteiger charge is -2.03. The Bertz CT molecular complexity index is 1040. The van der Waals surface area contributed by atoms with Gasteiger partial charge in [-0.3, -0.25) is 4.79 Å². The van der Waals surface area contributed by atoms with E-state index in [1.807, 2.05) is 24.3 Å². The molecule has 2 aromatic carbocycles. The minimum atomic E-state index is -3.27. The molecule has 0 aliphatic carbocycles. The molecule has 1 amide bonds. The van der Waals surface area contributed by atoms with Crippen molar-refractivity contribution in [1.29, 1.82) is 0 Å². The molecule has 0 saturated carbocycles. The molecule has 0 unspecified atom stereocenters. The lowest BCUT2D eigenvalue weighted by Crippen LogP contribution is -2.14. The van der Waals surface area contributed by atoms with E-state index in [9.17, 15) is 13.2 Å². The van der Waals surface area contributed by atoms with Gasteiger partial charge in [-0.1, -0.05) is 30.4 Å². The molecule has 1 aromatic heterocycles. The van der Waals surface area contributed by atoms with Gasteiger partial charge in [0.2, 0.25) is 5.91 Å². The molecule has 1 N–H and O–H groups in total. The van der Waals surface area contributed by atoms with Crippen molar-refractivity contribution in [3.8, 4) is 0 Å². The maximum Gasteiger partial charge on any atom is 0.230 e. The predicted octanol–water partition coefficient (Wildman–Crippen LogP) is 3.99. The number of carbonyl (C=O) groups excluding carboxylic acids is 1. The average molecular weight is 407 g/mol. The molecular formula is C18H18N2O3S3. The first-order valence-corrected chi connectivity index (χ1v) is 11.7. The van der Waals surface area contributed by atoms with Crippen LogP contribution in [0.2, 0.25) is 0 Å². The van der Waals surface area contributed by atoms with E-state index in [4.69, 9.17) is 0 Å². The summed E-state index contributed by atoms with van der Waals surface area (Å²) in [5.41, 5.74) is 1.60. The number of hydrogen-bond acceptors (Lipinski definition) is 6. The molecule has 0 spiro atoms. The summed E-state index contributed by atoms with van der Waals surface area (Å²) in [7, 11) is -3.27. The predicted molar refractivity (Wildman–Crippen MR) is 108 cm³/mol. The molecule has 0 fully saturated rings. The van der Waals surface area contributed by atoms with Gasteiger partial charge in [0.05, 0.1) is 21.5 Å². The first-order chi connectivity index (χ1) is 12.3. The van der Waals surface area contributed by atoms with Crippen molar-refractivity contribution in [2.75, 3.05) is 17.3 Å². The number of nitrogens with zero attached hydrogens (tertiary/aromatic N) is 1. The van der Waals surface area contributed by atoms with Crippen LogP contribution in [0.5, 0.6) is 0 Å². The summed E-state index contributed by atoms with van der Waals surface area (Å²) in [6.07, 6.45) is 1.43. The highest BCUT2D eigenvalue weighted by Gasteiger charge is 2.12. The summed E-state index contributed by atoms with van der Waals surface area (Å²) in [5.74, 6) is 0.863. The number of hydrogen-bond donors (Lipinski definition) is 1. The normalized spacial score (nSPS) is 11.6. The van der Waals surface area contributed by atoms with Crippen LogP contribution in [0.1, 0.15) is 12.5 Å². The van der Waals surface area contributed by atoms with E-state index in [1.165, 1.54) is 28.6 Å². The minimum absolute atomic E-state index is 0.150. The Balaban J connectivity index is 1.70. The highest BCUT2D eigenvalue weighted by atomic mass is 32.2. The first-order valence-electron chi connectivity index (χ1n) is 7.97. The van der Waals surface area contributed by atoms with Crippen LogP contribution >= 0.6 is 23.1 Å². The molecule has 3 aromatic rings. The molecule has 136 valence electrons. The summed E-state index contributed by atoms with van der Waals surface area (Å²) in [6, 6.07) is 12.7. The summed E-state index contributed by atoms with van der Waals surface area (Å²) in [5, 5.41) is 3.26. The zero-order valence-electron chi connectivity index (χ0n) is 14.4. The quantitative estimate of drug-likeness (QED) is 0.626. The monoisotopic (exact) mass is 406 g/mol. The molecule has 3 rings (SSSR count). The zero-order chi connectivity index (χ0) is 18.7. The Morgan fingerprint density at radius 3 is 2.58 bits per heavy atom. The fourth-order valence-corrected chi connectivity index (χ4v) is 4.71. The van der Waals surface area contributed by atoms with Crippen LogP contribution < -0.4 is 5.32 Å². The van der Waals surface area contributed by atoms with Gasteiger partial charge in [-0.2, -0.15) is 0 Å². The third kappa shape index (κ3) is 4.63. The van der Waals surface area contributed by atoms with Gasteiger partial charge in [0.1, 0.15) is 0 Å². The fraction of sp³-hybridized carbons (Fsp3) is 0.222.